The number of hydrogen-bond donors (Lipinski definition) is 0. The lowest BCUT2D eigenvalue weighted by molar-refractivity contribution is 0.156. The Labute approximate surface area is 189 Å². The highest BCUT2D eigenvalue weighted by atomic mass is 32.2. The van der Waals surface area contributed by atoms with Gasteiger partial charge in [-0.3, -0.25) is 9.36 Å². The van der Waals surface area contributed by atoms with Crippen molar-refractivity contribution in [3.05, 3.63) is 64.8 Å². The second-order valence-corrected chi connectivity index (χ2v) is 8.63. The maximum absolute atomic E-state index is 13.2. The molecule has 0 bridgehead atoms. The van der Waals surface area contributed by atoms with Crippen LogP contribution in [0.4, 0.5) is 0 Å². The summed E-state index contributed by atoms with van der Waals surface area (Å²) in [5.41, 5.74) is 1.35. The Kier molecular flexibility index (Phi) is 6.57. The third-order valence-corrected chi connectivity index (χ3v) is 6.09. The molecular weight excluding hydrogens is 428 g/mol. The van der Waals surface area contributed by atoms with Crippen molar-refractivity contribution in [2.75, 3.05) is 20.8 Å². The fraction of sp³-hybridized carbons (Fsp3) is 0.304. The largest absolute Gasteiger partial charge is 0.497 e. The summed E-state index contributed by atoms with van der Waals surface area (Å²) >= 11 is 1.40. The summed E-state index contributed by atoms with van der Waals surface area (Å²) < 4.78 is 18.1. The zero-order valence-electron chi connectivity index (χ0n) is 18.3. The first-order chi connectivity index (χ1) is 15.5. The minimum atomic E-state index is -0.219. The number of aromatic nitrogens is 4. The lowest BCUT2D eigenvalue weighted by Crippen LogP contribution is -2.28. The van der Waals surface area contributed by atoms with E-state index in [2.05, 4.69) is 10.2 Å². The Hall–Kier alpha value is -3.17. The predicted molar refractivity (Wildman–Crippen MR) is 123 cm³/mol. The van der Waals surface area contributed by atoms with Gasteiger partial charge in [0.25, 0.3) is 5.56 Å². The molecule has 0 unspecified atom stereocenters. The number of rotatable bonds is 8. The van der Waals surface area contributed by atoms with Crippen LogP contribution in [0.25, 0.3) is 22.4 Å². The molecule has 2 heterocycles. The number of para-hydroxylation sites is 1. The van der Waals surface area contributed by atoms with E-state index in [0.717, 1.165) is 11.3 Å². The Morgan fingerprint density at radius 1 is 1.06 bits per heavy atom. The summed E-state index contributed by atoms with van der Waals surface area (Å²) in [5.74, 6) is 1.63. The van der Waals surface area contributed by atoms with Crippen molar-refractivity contribution in [2.45, 2.75) is 30.3 Å². The SMILES string of the molecule is COC[C@H](C)n1c(S[C@H](C)c2nnc(-c3ccc(OC)cc3)o2)nc2ccccc2c1=O. The molecule has 2 aromatic carbocycles. The highest BCUT2D eigenvalue weighted by molar-refractivity contribution is 7.99. The molecule has 0 amide bonds. The van der Waals surface area contributed by atoms with Gasteiger partial charge < -0.3 is 13.9 Å². The number of thioether (sulfide) groups is 1. The fourth-order valence-corrected chi connectivity index (χ4v) is 4.41. The smallest absolute Gasteiger partial charge is 0.262 e. The van der Waals surface area contributed by atoms with Gasteiger partial charge in [0, 0.05) is 12.7 Å². The van der Waals surface area contributed by atoms with Gasteiger partial charge in [-0.15, -0.1) is 10.2 Å². The Bertz CT molecular complexity index is 1270. The number of fused-ring (bicyclic) bond motifs is 1. The number of ether oxygens (including phenoxy) is 2. The van der Waals surface area contributed by atoms with E-state index in [0.29, 0.717) is 34.4 Å². The van der Waals surface area contributed by atoms with Crippen molar-refractivity contribution >= 4 is 22.7 Å². The third kappa shape index (κ3) is 4.39. The van der Waals surface area contributed by atoms with Crippen LogP contribution in [0.3, 0.4) is 0 Å². The summed E-state index contributed by atoms with van der Waals surface area (Å²) in [6.07, 6.45) is 0. The molecule has 2 aromatic heterocycles. The molecule has 4 aromatic rings. The van der Waals surface area contributed by atoms with Crippen molar-refractivity contribution in [1.29, 1.82) is 0 Å². The number of methoxy groups -OCH3 is 2. The van der Waals surface area contributed by atoms with Crippen LogP contribution in [0, 0.1) is 0 Å². The van der Waals surface area contributed by atoms with Crippen LogP contribution in [0.2, 0.25) is 0 Å². The molecule has 0 aliphatic heterocycles. The van der Waals surface area contributed by atoms with Crippen LogP contribution in [0.1, 0.15) is 31.0 Å². The van der Waals surface area contributed by atoms with E-state index in [1.165, 1.54) is 11.8 Å². The molecule has 8 nitrogen and oxygen atoms in total. The zero-order valence-corrected chi connectivity index (χ0v) is 19.1. The molecule has 4 rings (SSSR count). The average molecular weight is 453 g/mol. The van der Waals surface area contributed by atoms with Gasteiger partial charge in [-0.1, -0.05) is 23.9 Å². The van der Waals surface area contributed by atoms with Crippen molar-refractivity contribution in [1.82, 2.24) is 19.7 Å². The molecule has 0 saturated carbocycles. The molecule has 0 aliphatic carbocycles. The molecule has 0 saturated heterocycles. The van der Waals surface area contributed by atoms with Crippen molar-refractivity contribution in [3.8, 4) is 17.2 Å². The predicted octanol–water partition coefficient (Wildman–Crippen LogP) is 4.52. The monoisotopic (exact) mass is 452 g/mol. The standard InChI is InChI=1S/C23H24N4O4S/c1-14(13-29-3)27-22(28)18-7-5-6-8-19(18)24-23(27)32-15(2)20-25-26-21(31-20)16-9-11-17(30-4)12-10-16/h5-12,14-15H,13H2,1-4H3/t14-,15+/m0/s1. The van der Waals surface area contributed by atoms with Gasteiger partial charge in [-0.2, -0.15) is 0 Å². The molecule has 0 fully saturated rings. The second kappa shape index (κ2) is 9.54. The number of hydrogen-bond acceptors (Lipinski definition) is 8. The van der Waals surface area contributed by atoms with Crippen LogP contribution in [0.5, 0.6) is 5.75 Å². The summed E-state index contributed by atoms with van der Waals surface area (Å²) in [4.78, 5) is 18.0. The van der Waals surface area contributed by atoms with Crippen LogP contribution < -0.4 is 10.3 Å². The molecular formula is C23H24N4O4S. The minimum Gasteiger partial charge on any atom is -0.497 e. The molecule has 0 N–H and O–H groups in total. The highest BCUT2D eigenvalue weighted by Gasteiger charge is 2.22. The van der Waals surface area contributed by atoms with E-state index < -0.39 is 0 Å². The van der Waals surface area contributed by atoms with E-state index in [4.69, 9.17) is 18.9 Å². The van der Waals surface area contributed by atoms with Crippen LogP contribution in [0.15, 0.2) is 62.9 Å². The topological polar surface area (TPSA) is 92.3 Å². The maximum atomic E-state index is 13.2. The Morgan fingerprint density at radius 2 is 1.81 bits per heavy atom. The molecule has 2 atom stereocenters. The van der Waals surface area contributed by atoms with Crippen molar-refractivity contribution in [2.24, 2.45) is 0 Å². The van der Waals surface area contributed by atoms with E-state index in [9.17, 15) is 4.79 Å². The van der Waals surface area contributed by atoms with Gasteiger partial charge in [0.05, 0.1) is 35.9 Å². The molecule has 0 radical (unpaired) electrons. The summed E-state index contributed by atoms with van der Waals surface area (Å²) in [6, 6.07) is 14.6. The number of benzene rings is 2. The van der Waals surface area contributed by atoms with Gasteiger partial charge in [0.1, 0.15) is 5.75 Å². The third-order valence-electron chi connectivity index (χ3n) is 5.03. The second-order valence-electron chi connectivity index (χ2n) is 7.33. The lowest BCUT2D eigenvalue weighted by atomic mass is 10.2. The highest BCUT2D eigenvalue weighted by Crippen LogP contribution is 2.35. The summed E-state index contributed by atoms with van der Waals surface area (Å²) in [6.45, 7) is 4.28. The van der Waals surface area contributed by atoms with E-state index in [1.807, 2.05) is 56.3 Å². The van der Waals surface area contributed by atoms with Crippen LogP contribution in [-0.4, -0.2) is 40.6 Å². The quantitative estimate of drug-likeness (QED) is 0.285. The maximum Gasteiger partial charge on any atom is 0.262 e. The van der Waals surface area contributed by atoms with Crippen molar-refractivity contribution in [3.63, 3.8) is 0 Å². The first-order valence-electron chi connectivity index (χ1n) is 10.2. The average Bonchev–Trinajstić information content (AvgIpc) is 3.30. The lowest BCUT2D eigenvalue weighted by Gasteiger charge is -2.19. The normalized spacial score (nSPS) is 13.2. The molecule has 32 heavy (non-hydrogen) atoms. The Morgan fingerprint density at radius 3 is 2.53 bits per heavy atom. The Balaban J connectivity index is 1.66. The summed E-state index contributed by atoms with van der Waals surface area (Å²) in [7, 11) is 3.23. The van der Waals surface area contributed by atoms with Crippen LogP contribution in [-0.2, 0) is 4.74 Å². The van der Waals surface area contributed by atoms with Gasteiger partial charge in [-0.25, -0.2) is 4.98 Å². The van der Waals surface area contributed by atoms with Gasteiger partial charge in [-0.05, 0) is 50.2 Å². The molecule has 0 aliphatic rings. The molecule has 0 spiro atoms. The van der Waals surface area contributed by atoms with Crippen molar-refractivity contribution < 1.29 is 13.9 Å². The fourth-order valence-electron chi connectivity index (χ4n) is 3.37. The van der Waals surface area contributed by atoms with E-state index >= 15 is 0 Å². The molecule has 166 valence electrons. The first-order valence-corrected chi connectivity index (χ1v) is 11.0. The van der Waals surface area contributed by atoms with E-state index in [-0.39, 0.29) is 16.9 Å². The van der Waals surface area contributed by atoms with Gasteiger partial charge in [0.15, 0.2) is 5.16 Å². The van der Waals surface area contributed by atoms with Crippen LogP contribution >= 0.6 is 11.8 Å². The molecule has 9 heteroatoms. The first kappa shape index (κ1) is 22.0. The zero-order chi connectivity index (χ0) is 22.7. The van der Waals surface area contributed by atoms with Gasteiger partial charge in [0.2, 0.25) is 11.8 Å². The summed E-state index contributed by atoms with van der Waals surface area (Å²) in [5, 5.41) is 9.33. The minimum absolute atomic E-state index is 0.0979. The van der Waals surface area contributed by atoms with Gasteiger partial charge >= 0.3 is 0 Å². The number of nitrogens with zero attached hydrogens (tertiary/aromatic N) is 4. The van der Waals surface area contributed by atoms with E-state index in [1.54, 1.807) is 24.9 Å².